The van der Waals surface area contributed by atoms with Crippen LogP contribution in [0.15, 0.2) is 24.5 Å². The second kappa shape index (κ2) is 3.57. The molecule has 0 aromatic carbocycles. The topological polar surface area (TPSA) is 48.7 Å². The van der Waals surface area contributed by atoms with Crippen LogP contribution >= 0.6 is 0 Å². The Morgan fingerprint density at radius 1 is 1.73 bits per heavy atom. The van der Waals surface area contributed by atoms with Gasteiger partial charge in [-0.15, -0.1) is 0 Å². The van der Waals surface area contributed by atoms with Crippen molar-refractivity contribution >= 4 is 0 Å². The van der Waals surface area contributed by atoms with Gasteiger partial charge in [0.05, 0.1) is 6.04 Å². The Bertz CT molecular complexity index is 250. The molecule has 0 aliphatic rings. The molecule has 1 aromatic rings. The first-order chi connectivity index (χ1) is 5.34. The molecular formula is C8H9N3. The number of nitriles is 1. The minimum Gasteiger partial charge on any atom is -0.317 e. The lowest BCUT2D eigenvalue weighted by Crippen LogP contribution is -2.11. The predicted octanol–water partition coefficient (Wildman–Crippen LogP) is 1.21. The summed E-state index contributed by atoms with van der Waals surface area (Å²) < 4.78 is 0. The lowest BCUT2D eigenvalue weighted by molar-refractivity contribution is 0.694. The van der Waals surface area contributed by atoms with Crippen LogP contribution in [0.25, 0.3) is 0 Å². The Labute approximate surface area is 65.7 Å². The van der Waals surface area contributed by atoms with Gasteiger partial charge >= 0.3 is 0 Å². The molecule has 0 radical (unpaired) electrons. The molecule has 0 amide bonds. The smallest absolute Gasteiger partial charge is 0.177 e. The molecule has 0 saturated carbocycles. The third-order valence-corrected chi connectivity index (χ3v) is 1.47. The highest BCUT2D eigenvalue weighted by molar-refractivity contribution is 5.13. The van der Waals surface area contributed by atoms with Gasteiger partial charge in [-0.2, -0.15) is 5.26 Å². The van der Waals surface area contributed by atoms with Crippen LogP contribution in [0, 0.1) is 11.5 Å². The summed E-state index contributed by atoms with van der Waals surface area (Å²) in [5, 5.41) is 10.9. The Morgan fingerprint density at radius 2 is 2.55 bits per heavy atom. The first-order valence-corrected chi connectivity index (χ1v) is 3.39. The number of rotatable bonds is 2. The maximum absolute atomic E-state index is 8.32. The molecule has 0 aliphatic carbocycles. The van der Waals surface area contributed by atoms with Gasteiger partial charge in [0, 0.05) is 12.4 Å². The van der Waals surface area contributed by atoms with Crippen LogP contribution in [0.2, 0.25) is 0 Å². The Kier molecular flexibility index (Phi) is 2.45. The molecule has 11 heavy (non-hydrogen) atoms. The summed E-state index contributed by atoms with van der Waals surface area (Å²) in [6, 6.07) is 3.83. The van der Waals surface area contributed by atoms with E-state index in [0.717, 1.165) is 5.56 Å². The number of nitrogens with one attached hydrogen (secondary N) is 1. The monoisotopic (exact) mass is 147 g/mol. The predicted molar refractivity (Wildman–Crippen MR) is 41.4 cm³/mol. The van der Waals surface area contributed by atoms with Crippen molar-refractivity contribution < 1.29 is 0 Å². The summed E-state index contributed by atoms with van der Waals surface area (Å²) in [5.74, 6) is 0. The second-order valence-electron chi connectivity index (χ2n) is 2.26. The van der Waals surface area contributed by atoms with Crippen molar-refractivity contribution in [1.82, 2.24) is 10.3 Å². The van der Waals surface area contributed by atoms with Gasteiger partial charge in [0.15, 0.2) is 6.19 Å². The summed E-state index contributed by atoms with van der Waals surface area (Å²) in [4.78, 5) is 3.94. The van der Waals surface area contributed by atoms with E-state index in [4.69, 9.17) is 5.26 Å². The maximum Gasteiger partial charge on any atom is 0.177 e. The fourth-order valence-corrected chi connectivity index (χ4v) is 0.812. The minimum absolute atomic E-state index is 0.0497. The zero-order chi connectivity index (χ0) is 8.10. The van der Waals surface area contributed by atoms with E-state index in [9.17, 15) is 0 Å². The molecule has 1 aromatic heterocycles. The van der Waals surface area contributed by atoms with Gasteiger partial charge in [0.2, 0.25) is 0 Å². The molecule has 1 N–H and O–H groups in total. The van der Waals surface area contributed by atoms with E-state index in [2.05, 4.69) is 10.3 Å². The van der Waals surface area contributed by atoms with E-state index in [-0.39, 0.29) is 6.04 Å². The van der Waals surface area contributed by atoms with Crippen LogP contribution < -0.4 is 5.32 Å². The summed E-state index contributed by atoms with van der Waals surface area (Å²) in [6.07, 6.45) is 5.34. The van der Waals surface area contributed by atoms with Gasteiger partial charge in [-0.05, 0) is 18.6 Å². The normalized spacial score (nSPS) is 11.6. The third kappa shape index (κ3) is 1.94. The molecule has 0 fully saturated rings. The van der Waals surface area contributed by atoms with E-state index < -0.39 is 0 Å². The largest absolute Gasteiger partial charge is 0.317 e. The van der Waals surface area contributed by atoms with Crippen LogP contribution in [-0.4, -0.2) is 4.98 Å². The molecular weight excluding hydrogens is 138 g/mol. The van der Waals surface area contributed by atoms with Crippen molar-refractivity contribution in [2.45, 2.75) is 13.0 Å². The maximum atomic E-state index is 8.32. The molecule has 0 aliphatic heterocycles. The fourth-order valence-electron chi connectivity index (χ4n) is 0.812. The molecule has 56 valence electrons. The van der Waals surface area contributed by atoms with Crippen LogP contribution in [0.3, 0.4) is 0 Å². The Morgan fingerprint density at radius 3 is 3.09 bits per heavy atom. The molecule has 1 heterocycles. The molecule has 0 bridgehead atoms. The average molecular weight is 147 g/mol. The number of hydrogen-bond acceptors (Lipinski definition) is 3. The van der Waals surface area contributed by atoms with Crippen molar-refractivity contribution in [3.8, 4) is 6.19 Å². The highest BCUT2D eigenvalue weighted by atomic mass is 14.9. The van der Waals surface area contributed by atoms with Crippen molar-refractivity contribution in [1.29, 1.82) is 5.26 Å². The summed E-state index contributed by atoms with van der Waals surface area (Å²) in [7, 11) is 0. The first-order valence-electron chi connectivity index (χ1n) is 3.39. The lowest BCUT2D eigenvalue weighted by Gasteiger charge is -2.06. The van der Waals surface area contributed by atoms with E-state index in [0.29, 0.717) is 0 Å². The third-order valence-electron chi connectivity index (χ3n) is 1.47. The summed E-state index contributed by atoms with van der Waals surface area (Å²) in [6.45, 7) is 1.92. The molecule has 0 unspecified atom stereocenters. The van der Waals surface area contributed by atoms with E-state index in [1.165, 1.54) is 0 Å². The van der Waals surface area contributed by atoms with Crippen LogP contribution in [-0.2, 0) is 0 Å². The van der Waals surface area contributed by atoms with Gasteiger partial charge in [-0.3, -0.25) is 4.98 Å². The minimum atomic E-state index is 0.0497. The lowest BCUT2D eigenvalue weighted by atomic mass is 10.1. The van der Waals surface area contributed by atoms with Gasteiger partial charge in [0.25, 0.3) is 0 Å². The van der Waals surface area contributed by atoms with Crippen LogP contribution in [0.1, 0.15) is 18.5 Å². The Balaban J connectivity index is 2.70. The molecule has 0 spiro atoms. The van der Waals surface area contributed by atoms with Crippen LogP contribution in [0.4, 0.5) is 0 Å². The van der Waals surface area contributed by atoms with Crippen LogP contribution in [0.5, 0.6) is 0 Å². The van der Waals surface area contributed by atoms with Gasteiger partial charge in [-0.1, -0.05) is 6.07 Å². The number of aromatic nitrogens is 1. The fraction of sp³-hybridized carbons (Fsp3) is 0.250. The van der Waals surface area contributed by atoms with E-state index in [1.54, 1.807) is 12.4 Å². The summed E-state index contributed by atoms with van der Waals surface area (Å²) in [5.41, 5.74) is 1.02. The second-order valence-corrected chi connectivity index (χ2v) is 2.26. The quantitative estimate of drug-likeness (QED) is 0.505. The van der Waals surface area contributed by atoms with E-state index >= 15 is 0 Å². The van der Waals surface area contributed by atoms with Gasteiger partial charge < -0.3 is 5.32 Å². The number of pyridine rings is 1. The van der Waals surface area contributed by atoms with Crippen molar-refractivity contribution in [2.24, 2.45) is 0 Å². The van der Waals surface area contributed by atoms with Crippen molar-refractivity contribution in [3.05, 3.63) is 30.1 Å². The van der Waals surface area contributed by atoms with Crippen molar-refractivity contribution in [3.63, 3.8) is 0 Å². The van der Waals surface area contributed by atoms with Gasteiger partial charge in [-0.25, -0.2) is 0 Å². The summed E-state index contributed by atoms with van der Waals surface area (Å²) >= 11 is 0. The molecule has 0 saturated heterocycles. The molecule has 1 atom stereocenters. The number of nitrogens with zero attached hydrogens (tertiary/aromatic N) is 2. The van der Waals surface area contributed by atoms with Gasteiger partial charge in [0.1, 0.15) is 0 Å². The standard InChI is InChI=1S/C8H9N3/c1-7(11-6-9)8-3-2-4-10-5-8/h2-5,7,11H,1H3/t7-/m0/s1. The zero-order valence-corrected chi connectivity index (χ0v) is 6.28. The molecule has 3 nitrogen and oxygen atoms in total. The Hall–Kier alpha value is -1.56. The zero-order valence-electron chi connectivity index (χ0n) is 6.28. The van der Waals surface area contributed by atoms with E-state index in [1.807, 2.05) is 25.2 Å². The average Bonchev–Trinajstić information content (AvgIpc) is 2.07. The number of hydrogen-bond donors (Lipinski definition) is 1. The first kappa shape index (κ1) is 7.55. The highest BCUT2D eigenvalue weighted by Gasteiger charge is 2.01. The van der Waals surface area contributed by atoms with Crippen molar-refractivity contribution in [2.75, 3.05) is 0 Å². The highest BCUT2D eigenvalue weighted by Crippen LogP contribution is 2.08. The molecule has 1 rings (SSSR count). The molecule has 3 heteroatoms. The SMILES string of the molecule is C[C@H](NC#N)c1cccnc1.